The molecule has 1 rings (SSSR count). The van der Waals surface area contributed by atoms with Gasteiger partial charge in [0, 0.05) is 19.5 Å². The summed E-state index contributed by atoms with van der Waals surface area (Å²) in [7, 11) is 0. The summed E-state index contributed by atoms with van der Waals surface area (Å²) in [4.78, 5) is 23.1. The van der Waals surface area contributed by atoms with Crippen molar-refractivity contribution in [2.75, 3.05) is 19.6 Å². The van der Waals surface area contributed by atoms with E-state index in [1.54, 1.807) is 0 Å². The summed E-state index contributed by atoms with van der Waals surface area (Å²) in [6, 6.07) is -0.548. The molecule has 0 spiro atoms. The van der Waals surface area contributed by atoms with E-state index in [9.17, 15) is 18.4 Å². The van der Waals surface area contributed by atoms with Crippen LogP contribution in [0.4, 0.5) is 13.6 Å². The number of carbonyl (C=O) groups excluding carboxylic acids is 1. The van der Waals surface area contributed by atoms with Crippen LogP contribution in [0.3, 0.4) is 0 Å². The smallest absolute Gasteiger partial charge is 0.317 e. The highest BCUT2D eigenvalue weighted by atomic mass is 19.3. The maximum Gasteiger partial charge on any atom is 0.317 e. The molecule has 0 aromatic rings. The summed E-state index contributed by atoms with van der Waals surface area (Å²) in [6.07, 6.45) is -1.95. The minimum Gasteiger partial charge on any atom is -0.481 e. The number of nitrogens with zero attached hydrogens (tertiary/aromatic N) is 1. The highest BCUT2D eigenvalue weighted by molar-refractivity contribution is 5.74. The number of aliphatic carboxylic acids is 1. The average molecular weight is 236 g/mol. The van der Waals surface area contributed by atoms with Crippen molar-refractivity contribution in [3.8, 4) is 0 Å². The fraction of sp³-hybridized carbons (Fsp3) is 0.778. The molecule has 1 unspecified atom stereocenters. The number of hydrogen-bond donors (Lipinski definition) is 2. The molecule has 1 aliphatic heterocycles. The van der Waals surface area contributed by atoms with Crippen LogP contribution in [-0.4, -0.2) is 48.1 Å². The molecule has 92 valence electrons. The lowest BCUT2D eigenvalue weighted by Gasteiger charge is -2.16. The summed E-state index contributed by atoms with van der Waals surface area (Å²) in [5.74, 6) is -0.977. The number of alkyl halides is 2. The fourth-order valence-electron chi connectivity index (χ4n) is 1.71. The maximum absolute atomic E-state index is 11.8. The van der Waals surface area contributed by atoms with Gasteiger partial charge in [-0.1, -0.05) is 0 Å². The number of carboxylic acid groups (broad SMARTS) is 1. The number of likely N-dealkylation sites (tertiary alicyclic amines) is 1. The molecule has 2 amide bonds. The van der Waals surface area contributed by atoms with Crippen LogP contribution >= 0.6 is 0 Å². The predicted octanol–water partition coefficient (Wildman–Crippen LogP) is 0.758. The molecule has 16 heavy (non-hydrogen) atoms. The van der Waals surface area contributed by atoms with E-state index in [0.29, 0.717) is 19.5 Å². The van der Waals surface area contributed by atoms with Gasteiger partial charge in [0.2, 0.25) is 0 Å². The Hall–Kier alpha value is -1.40. The number of urea groups is 1. The van der Waals surface area contributed by atoms with Gasteiger partial charge in [-0.3, -0.25) is 4.79 Å². The van der Waals surface area contributed by atoms with Crippen LogP contribution in [0.5, 0.6) is 0 Å². The maximum atomic E-state index is 11.8. The lowest BCUT2D eigenvalue weighted by molar-refractivity contribution is -0.138. The largest absolute Gasteiger partial charge is 0.481 e. The first-order chi connectivity index (χ1) is 7.49. The Balaban J connectivity index is 2.29. The minimum atomic E-state index is -2.57. The van der Waals surface area contributed by atoms with E-state index in [-0.39, 0.29) is 12.3 Å². The standard InChI is InChI=1S/C9H14F2N2O3/c10-7(11)4-12-9(16)13-2-1-6(5-13)3-8(14)15/h6-7H,1-5H2,(H,12,16)(H,14,15). The zero-order valence-electron chi connectivity index (χ0n) is 8.66. The predicted molar refractivity (Wildman–Crippen MR) is 51.3 cm³/mol. The lowest BCUT2D eigenvalue weighted by atomic mass is 10.1. The number of nitrogens with one attached hydrogen (secondary N) is 1. The molecule has 2 N–H and O–H groups in total. The first-order valence-corrected chi connectivity index (χ1v) is 5.01. The van der Waals surface area contributed by atoms with E-state index >= 15 is 0 Å². The number of rotatable bonds is 4. The van der Waals surface area contributed by atoms with Crippen molar-refractivity contribution in [1.82, 2.24) is 10.2 Å². The van der Waals surface area contributed by atoms with Crippen LogP contribution in [0, 0.1) is 5.92 Å². The van der Waals surface area contributed by atoms with Crippen molar-refractivity contribution in [3.05, 3.63) is 0 Å². The van der Waals surface area contributed by atoms with Crippen molar-refractivity contribution in [3.63, 3.8) is 0 Å². The second kappa shape index (κ2) is 5.62. The summed E-state index contributed by atoms with van der Waals surface area (Å²) in [5.41, 5.74) is 0. The third-order valence-corrected chi connectivity index (χ3v) is 2.44. The van der Waals surface area contributed by atoms with Gasteiger partial charge in [0.15, 0.2) is 0 Å². The molecule has 7 heteroatoms. The monoisotopic (exact) mass is 236 g/mol. The molecule has 5 nitrogen and oxygen atoms in total. The lowest BCUT2D eigenvalue weighted by Crippen LogP contribution is -2.40. The number of carbonyl (C=O) groups is 2. The highest BCUT2D eigenvalue weighted by Crippen LogP contribution is 2.19. The average Bonchev–Trinajstić information content (AvgIpc) is 2.61. The summed E-state index contributed by atoms with van der Waals surface area (Å²) >= 11 is 0. The molecule has 0 saturated carbocycles. The second-order valence-corrected chi connectivity index (χ2v) is 3.78. The van der Waals surface area contributed by atoms with Gasteiger partial charge in [0.25, 0.3) is 6.43 Å². The number of hydrogen-bond acceptors (Lipinski definition) is 2. The third-order valence-electron chi connectivity index (χ3n) is 2.44. The van der Waals surface area contributed by atoms with Gasteiger partial charge in [-0.15, -0.1) is 0 Å². The molecular formula is C9H14F2N2O3. The molecule has 0 radical (unpaired) electrons. The Morgan fingerprint density at radius 1 is 1.50 bits per heavy atom. The quantitative estimate of drug-likeness (QED) is 0.757. The second-order valence-electron chi connectivity index (χ2n) is 3.78. The number of carboxylic acids is 1. The van der Waals surface area contributed by atoms with E-state index in [1.807, 2.05) is 0 Å². The molecule has 1 aliphatic rings. The van der Waals surface area contributed by atoms with Gasteiger partial charge in [-0.05, 0) is 12.3 Å². The zero-order chi connectivity index (χ0) is 12.1. The SMILES string of the molecule is O=C(O)CC1CCN(C(=O)NCC(F)F)C1. The van der Waals surface area contributed by atoms with Gasteiger partial charge < -0.3 is 15.3 Å². The summed E-state index contributed by atoms with van der Waals surface area (Å²) in [5, 5.41) is 10.6. The van der Waals surface area contributed by atoms with Crippen LogP contribution in [0.25, 0.3) is 0 Å². The molecule has 0 bridgehead atoms. The van der Waals surface area contributed by atoms with Crippen LogP contribution in [0.2, 0.25) is 0 Å². The van der Waals surface area contributed by atoms with Crippen molar-refractivity contribution in [2.45, 2.75) is 19.3 Å². The first kappa shape index (κ1) is 12.7. The Kier molecular flexibility index (Phi) is 4.45. The molecule has 1 fully saturated rings. The normalized spacial score (nSPS) is 20.2. The Labute approximate surface area is 91.4 Å². The van der Waals surface area contributed by atoms with Crippen molar-refractivity contribution in [1.29, 1.82) is 0 Å². The van der Waals surface area contributed by atoms with Gasteiger partial charge in [0.05, 0.1) is 6.54 Å². The van der Waals surface area contributed by atoms with Gasteiger partial charge in [-0.2, -0.15) is 0 Å². The van der Waals surface area contributed by atoms with Crippen molar-refractivity contribution in [2.24, 2.45) is 5.92 Å². The minimum absolute atomic E-state index is 0.0125. The summed E-state index contributed by atoms with van der Waals surface area (Å²) < 4.78 is 23.6. The molecule has 1 saturated heterocycles. The molecule has 0 aliphatic carbocycles. The van der Waals surface area contributed by atoms with Gasteiger partial charge >= 0.3 is 12.0 Å². The zero-order valence-corrected chi connectivity index (χ0v) is 8.66. The van der Waals surface area contributed by atoms with Gasteiger partial charge in [-0.25, -0.2) is 13.6 Å². The molecule has 0 aromatic carbocycles. The molecule has 0 aromatic heterocycles. The third kappa shape index (κ3) is 4.00. The highest BCUT2D eigenvalue weighted by Gasteiger charge is 2.27. The van der Waals surface area contributed by atoms with E-state index in [4.69, 9.17) is 5.11 Å². The fourth-order valence-corrected chi connectivity index (χ4v) is 1.71. The van der Waals surface area contributed by atoms with E-state index in [0.717, 1.165) is 0 Å². The summed E-state index contributed by atoms with van der Waals surface area (Å²) in [6.45, 7) is 0.0767. The Morgan fingerprint density at radius 3 is 2.75 bits per heavy atom. The van der Waals surface area contributed by atoms with Crippen molar-refractivity contribution >= 4 is 12.0 Å². The Morgan fingerprint density at radius 2 is 2.19 bits per heavy atom. The molecule has 1 heterocycles. The van der Waals surface area contributed by atoms with E-state index < -0.39 is 25.0 Å². The van der Waals surface area contributed by atoms with Crippen LogP contribution in [-0.2, 0) is 4.79 Å². The van der Waals surface area contributed by atoms with Crippen LogP contribution < -0.4 is 5.32 Å². The van der Waals surface area contributed by atoms with Crippen molar-refractivity contribution < 1.29 is 23.5 Å². The van der Waals surface area contributed by atoms with Crippen LogP contribution in [0.1, 0.15) is 12.8 Å². The topological polar surface area (TPSA) is 69.6 Å². The molecular weight excluding hydrogens is 222 g/mol. The number of amides is 2. The van der Waals surface area contributed by atoms with Gasteiger partial charge in [0.1, 0.15) is 0 Å². The van der Waals surface area contributed by atoms with E-state index in [1.165, 1.54) is 4.90 Å². The number of halogens is 2. The molecule has 1 atom stereocenters. The van der Waals surface area contributed by atoms with E-state index in [2.05, 4.69) is 5.32 Å². The Bertz CT molecular complexity index is 273. The van der Waals surface area contributed by atoms with Crippen LogP contribution in [0.15, 0.2) is 0 Å². The first-order valence-electron chi connectivity index (χ1n) is 5.01.